The van der Waals surface area contributed by atoms with Gasteiger partial charge in [-0.1, -0.05) is 66.7 Å². The molecule has 0 aliphatic heterocycles. The first kappa shape index (κ1) is 17.5. The zero-order valence-electron chi connectivity index (χ0n) is 16.2. The van der Waals surface area contributed by atoms with E-state index in [2.05, 4.69) is 48.5 Å². The van der Waals surface area contributed by atoms with E-state index in [0.717, 1.165) is 22.3 Å². The van der Waals surface area contributed by atoms with Crippen LogP contribution < -0.4 is 0 Å². The number of carbonyl (C=O) groups excluding carboxylic acids is 1. The predicted octanol–water partition coefficient (Wildman–Crippen LogP) is 6.23. The van der Waals surface area contributed by atoms with E-state index in [-0.39, 0.29) is 5.97 Å². The van der Waals surface area contributed by atoms with Gasteiger partial charge in [-0.25, -0.2) is 0 Å². The van der Waals surface area contributed by atoms with Gasteiger partial charge in [0, 0.05) is 11.1 Å². The largest absolute Gasteiger partial charge is 0.444 e. The molecule has 0 heterocycles. The summed E-state index contributed by atoms with van der Waals surface area (Å²) in [6, 6.07) is 20.8. The minimum Gasteiger partial charge on any atom is -0.444 e. The maximum absolute atomic E-state index is 12.9. The number of hydrogen-bond donors (Lipinski definition) is 0. The van der Waals surface area contributed by atoms with E-state index in [4.69, 9.17) is 4.74 Å². The van der Waals surface area contributed by atoms with Crippen molar-refractivity contribution in [3.63, 3.8) is 0 Å². The van der Waals surface area contributed by atoms with E-state index in [1.54, 1.807) is 0 Å². The summed E-state index contributed by atoms with van der Waals surface area (Å²) in [6.07, 6.45) is 3.98. The van der Waals surface area contributed by atoms with Crippen LogP contribution in [0.4, 0.5) is 0 Å². The molecule has 0 amide bonds. The summed E-state index contributed by atoms with van der Waals surface area (Å²) >= 11 is 0. The van der Waals surface area contributed by atoms with E-state index in [1.807, 2.05) is 52.0 Å². The molecule has 0 saturated heterocycles. The number of esters is 1. The van der Waals surface area contributed by atoms with Gasteiger partial charge in [-0.15, -0.1) is 0 Å². The molecule has 0 aromatic heterocycles. The Labute approximate surface area is 160 Å². The molecule has 136 valence electrons. The van der Waals surface area contributed by atoms with Crippen molar-refractivity contribution < 1.29 is 9.53 Å². The molecule has 1 atom stereocenters. The minimum atomic E-state index is -0.894. The highest BCUT2D eigenvalue weighted by atomic mass is 16.6. The van der Waals surface area contributed by atoms with E-state index in [0.29, 0.717) is 0 Å². The third kappa shape index (κ3) is 2.59. The summed E-state index contributed by atoms with van der Waals surface area (Å²) in [5, 5.41) is 2.37. The molecule has 2 nitrogen and oxygen atoms in total. The summed E-state index contributed by atoms with van der Waals surface area (Å²) in [4.78, 5) is 12.9. The second-order valence-corrected chi connectivity index (χ2v) is 8.13. The number of rotatable bonds is 2. The van der Waals surface area contributed by atoms with Gasteiger partial charge in [-0.05, 0) is 55.7 Å². The van der Waals surface area contributed by atoms with Gasteiger partial charge in [-0.2, -0.15) is 0 Å². The third-order valence-electron chi connectivity index (χ3n) is 5.19. The van der Waals surface area contributed by atoms with Crippen LogP contribution >= 0.6 is 0 Å². The van der Waals surface area contributed by atoms with E-state index < -0.39 is 11.0 Å². The number of carbonyl (C=O) groups is 1. The van der Waals surface area contributed by atoms with Crippen LogP contribution in [-0.4, -0.2) is 5.97 Å². The van der Waals surface area contributed by atoms with E-state index in [1.165, 1.54) is 10.8 Å². The van der Waals surface area contributed by atoms with Gasteiger partial charge in [-0.3, -0.25) is 4.79 Å². The van der Waals surface area contributed by atoms with Gasteiger partial charge in [0.15, 0.2) is 5.60 Å². The lowest BCUT2D eigenvalue weighted by Gasteiger charge is -2.32. The van der Waals surface area contributed by atoms with Gasteiger partial charge in [0.25, 0.3) is 0 Å². The lowest BCUT2D eigenvalue weighted by Crippen LogP contribution is -2.35. The fourth-order valence-corrected chi connectivity index (χ4v) is 3.90. The molecule has 3 aromatic carbocycles. The van der Waals surface area contributed by atoms with Gasteiger partial charge < -0.3 is 4.74 Å². The van der Waals surface area contributed by atoms with Crippen LogP contribution in [0.2, 0.25) is 0 Å². The van der Waals surface area contributed by atoms with Crippen molar-refractivity contribution in [3.05, 3.63) is 83.9 Å². The van der Waals surface area contributed by atoms with Crippen LogP contribution in [-0.2, 0) is 15.1 Å². The van der Waals surface area contributed by atoms with Crippen LogP contribution in [0.1, 0.15) is 38.8 Å². The van der Waals surface area contributed by atoms with Gasteiger partial charge >= 0.3 is 5.97 Å². The molecular formula is C25H24O2. The number of hydrogen-bond acceptors (Lipinski definition) is 2. The summed E-state index contributed by atoms with van der Waals surface area (Å²) < 4.78 is 6.28. The molecule has 1 aliphatic rings. The van der Waals surface area contributed by atoms with Crippen molar-refractivity contribution >= 4 is 16.7 Å². The lowest BCUT2D eigenvalue weighted by molar-refractivity contribution is -0.162. The highest BCUT2D eigenvalue weighted by molar-refractivity contribution is 6.02. The molecular weight excluding hydrogens is 332 g/mol. The molecule has 0 bridgehead atoms. The van der Waals surface area contributed by atoms with Crippen molar-refractivity contribution in [1.29, 1.82) is 0 Å². The zero-order valence-corrected chi connectivity index (χ0v) is 16.2. The smallest absolute Gasteiger partial charge is 0.312 e. The molecule has 0 spiro atoms. The standard InChI is InChI=1S/C25H24O2/c1-5-16-25(27-23(26)24(2,3)4)20-13-9-8-12-19(20)22-18-11-7-6-10-17(18)14-15-21(22)25/h5-16H,1-4H3/b16-5+. The molecule has 3 aromatic rings. The first-order valence-corrected chi connectivity index (χ1v) is 9.38. The van der Waals surface area contributed by atoms with Crippen LogP contribution in [0.5, 0.6) is 0 Å². The highest BCUT2D eigenvalue weighted by Crippen LogP contribution is 2.53. The number of benzene rings is 3. The van der Waals surface area contributed by atoms with Crippen molar-refractivity contribution in [2.75, 3.05) is 0 Å². The Morgan fingerprint density at radius 2 is 1.63 bits per heavy atom. The second-order valence-electron chi connectivity index (χ2n) is 8.13. The Bertz CT molecular complexity index is 1070. The predicted molar refractivity (Wildman–Crippen MR) is 111 cm³/mol. The Hall–Kier alpha value is -2.87. The molecule has 0 radical (unpaired) electrons. The Morgan fingerprint density at radius 1 is 0.926 bits per heavy atom. The Kier molecular flexibility index (Phi) is 3.96. The van der Waals surface area contributed by atoms with Crippen molar-refractivity contribution in [2.24, 2.45) is 5.41 Å². The number of ether oxygens (including phenoxy) is 1. The zero-order chi connectivity index (χ0) is 19.2. The third-order valence-corrected chi connectivity index (χ3v) is 5.19. The fraction of sp³-hybridized carbons (Fsp3) is 0.240. The van der Waals surface area contributed by atoms with Gasteiger partial charge in [0.2, 0.25) is 0 Å². The lowest BCUT2D eigenvalue weighted by atomic mass is 9.88. The SMILES string of the molecule is C/C=C/C1(OC(=O)C(C)(C)C)c2ccccc2-c2c1ccc1ccccc21. The molecule has 1 unspecified atom stereocenters. The molecule has 4 rings (SSSR count). The molecule has 0 fully saturated rings. The van der Waals surface area contributed by atoms with E-state index >= 15 is 0 Å². The van der Waals surface area contributed by atoms with E-state index in [9.17, 15) is 4.79 Å². The van der Waals surface area contributed by atoms with Crippen molar-refractivity contribution in [2.45, 2.75) is 33.3 Å². The van der Waals surface area contributed by atoms with Crippen molar-refractivity contribution in [3.8, 4) is 11.1 Å². The summed E-state index contributed by atoms with van der Waals surface area (Å²) in [5.41, 5.74) is 2.86. The van der Waals surface area contributed by atoms with Crippen LogP contribution in [0, 0.1) is 5.41 Å². The maximum atomic E-state index is 12.9. The quantitative estimate of drug-likeness (QED) is 0.402. The molecule has 0 N–H and O–H groups in total. The maximum Gasteiger partial charge on any atom is 0.312 e. The first-order chi connectivity index (χ1) is 12.9. The van der Waals surface area contributed by atoms with Gasteiger partial charge in [0.1, 0.15) is 0 Å². The van der Waals surface area contributed by atoms with Crippen LogP contribution in [0.15, 0.2) is 72.8 Å². The highest BCUT2D eigenvalue weighted by Gasteiger charge is 2.46. The van der Waals surface area contributed by atoms with Crippen molar-refractivity contribution in [1.82, 2.24) is 0 Å². The summed E-state index contributed by atoms with van der Waals surface area (Å²) in [6.45, 7) is 7.64. The Balaban J connectivity index is 2.07. The average Bonchev–Trinajstić information content (AvgIpc) is 2.92. The fourth-order valence-electron chi connectivity index (χ4n) is 3.90. The monoisotopic (exact) mass is 356 g/mol. The molecule has 1 aliphatic carbocycles. The Morgan fingerprint density at radius 3 is 2.37 bits per heavy atom. The van der Waals surface area contributed by atoms with Crippen LogP contribution in [0.3, 0.4) is 0 Å². The second kappa shape index (κ2) is 6.09. The topological polar surface area (TPSA) is 26.3 Å². The summed E-state index contributed by atoms with van der Waals surface area (Å²) in [7, 11) is 0. The van der Waals surface area contributed by atoms with Crippen LogP contribution in [0.25, 0.3) is 21.9 Å². The molecule has 0 saturated carbocycles. The summed E-state index contributed by atoms with van der Waals surface area (Å²) in [5.74, 6) is -0.212. The van der Waals surface area contributed by atoms with Gasteiger partial charge in [0.05, 0.1) is 5.41 Å². The first-order valence-electron chi connectivity index (χ1n) is 9.38. The minimum absolute atomic E-state index is 0.212. The molecule has 27 heavy (non-hydrogen) atoms. The number of fused-ring (bicyclic) bond motifs is 5. The normalized spacial score (nSPS) is 18.5. The average molecular weight is 356 g/mol. The molecule has 2 heteroatoms. The number of allylic oxidation sites excluding steroid dienone is 1.